The lowest BCUT2D eigenvalue weighted by Gasteiger charge is -2.11. The fourth-order valence-electron chi connectivity index (χ4n) is 1.70. The van der Waals surface area contributed by atoms with Crippen LogP contribution in [0.5, 0.6) is 0 Å². The predicted octanol–water partition coefficient (Wildman–Crippen LogP) is 1.47. The number of carbonyl (C=O) groups is 1. The highest BCUT2D eigenvalue weighted by Crippen LogP contribution is 2.28. The highest BCUT2D eigenvalue weighted by molar-refractivity contribution is 5.79. The lowest BCUT2D eigenvalue weighted by molar-refractivity contribution is -0.119. The first-order valence-corrected chi connectivity index (χ1v) is 6.50. The molecule has 1 fully saturated rings. The van der Waals surface area contributed by atoms with Crippen molar-refractivity contribution in [2.45, 2.75) is 32.4 Å². The molecule has 1 aliphatic rings. The number of hydrogen-bond acceptors (Lipinski definition) is 3. The molecular weight excluding hydrogens is 226 g/mol. The van der Waals surface area contributed by atoms with Gasteiger partial charge in [-0.2, -0.15) is 0 Å². The van der Waals surface area contributed by atoms with E-state index in [4.69, 9.17) is 5.73 Å². The summed E-state index contributed by atoms with van der Waals surface area (Å²) >= 11 is 0. The van der Waals surface area contributed by atoms with Gasteiger partial charge in [0, 0.05) is 18.8 Å². The van der Waals surface area contributed by atoms with Gasteiger partial charge in [0.25, 0.3) is 0 Å². The Hall–Kier alpha value is -1.55. The highest BCUT2D eigenvalue weighted by atomic mass is 16.1. The van der Waals surface area contributed by atoms with Crippen molar-refractivity contribution in [3.8, 4) is 0 Å². The van der Waals surface area contributed by atoms with E-state index in [1.807, 2.05) is 0 Å². The summed E-state index contributed by atoms with van der Waals surface area (Å²) in [5.74, 6) is 0.556. The standard InChI is InChI=1S/C14H21N3O/c1-10(14(15)18)16-8-12-4-6-13(7-5-12)17-9-11-2-3-11/h4-7,10-11,16-17H,2-3,8-9H2,1H3,(H2,15,18)/t10-/m0/s1. The number of rotatable bonds is 7. The molecule has 1 amide bonds. The fraction of sp³-hybridized carbons (Fsp3) is 0.500. The molecule has 0 heterocycles. The van der Waals surface area contributed by atoms with Gasteiger partial charge in [0.2, 0.25) is 5.91 Å². The van der Waals surface area contributed by atoms with Crippen molar-refractivity contribution < 1.29 is 4.79 Å². The fourth-order valence-corrected chi connectivity index (χ4v) is 1.70. The average Bonchev–Trinajstić information content (AvgIpc) is 3.18. The second-order valence-corrected chi connectivity index (χ2v) is 5.03. The van der Waals surface area contributed by atoms with E-state index in [9.17, 15) is 4.79 Å². The van der Waals surface area contributed by atoms with E-state index in [2.05, 4.69) is 34.9 Å². The first-order chi connectivity index (χ1) is 8.65. The van der Waals surface area contributed by atoms with Crippen LogP contribution in [0.1, 0.15) is 25.3 Å². The van der Waals surface area contributed by atoms with Crippen molar-refractivity contribution in [3.63, 3.8) is 0 Å². The molecule has 0 saturated heterocycles. The molecule has 18 heavy (non-hydrogen) atoms. The van der Waals surface area contributed by atoms with E-state index in [0.29, 0.717) is 6.54 Å². The molecule has 1 aliphatic carbocycles. The molecule has 1 aromatic carbocycles. The summed E-state index contributed by atoms with van der Waals surface area (Å²) in [6.07, 6.45) is 2.72. The maximum Gasteiger partial charge on any atom is 0.234 e. The SMILES string of the molecule is C[C@H](NCc1ccc(NCC2CC2)cc1)C(N)=O. The molecule has 0 radical (unpaired) electrons. The summed E-state index contributed by atoms with van der Waals surface area (Å²) in [5, 5.41) is 6.51. The molecule has 1 aromatic rings. The maximum atomic E-state index is 10.9. The Morgan fingerprint density at radius 2 is 2.06 bits per heavy atom. The Morgan fingerprint density at radius 1 is 1.39 bits per heavy atom. The Kier molecular flexibility index (Phi) is 4.20. The molecule has 4 N–H and O–H groups in total. The van der Waals surface area contributed by atoms with Gasteiger partial charge in [-0.1, -0.05) is 12.1 Å². The first kappa shape index (κ1) is 12.9. The molecule has 0 aromatic heterocycles. The second-order valence-electron chi connectivity index (χ2n) is 5.03. The number of nitrogens with two attached hydrogens (primary N) is 1. The van der Waals surface area contributed by atoms with Gasteiger partial charge in [-0.15, -0.1) is 0 Å². The minimum atomic E-state index is -0.322. The van der Waals surface area contributed by atoms with Crippen LogP contribution in [0.2, 0.25) is 0 Å². The van der Waals surface area contributed by atoms with Crippen LogP contribution in [0.15, 0.2) is 24.3 Å². The summed E-state index contributed by atoms with van der Waals surface area (Å²) < 4.78 is 0. The van der Waals surface area contributed by atoms with Crippen LogP contribution in [0.25, 0.3) is 0 Å². The summed E-state index contributed by atoms with van der Waals surface area (Å²) in [6, 6.07) is 7.99. The molecule has 0 spiro atoms. The molecule has 1 saturated carbocycles. The molecular formula is C14H21N3O. The quantitative estimate of drug-likeness (QED) is 0.683. The van der Waals surface area contributed by atoms with E-state index in [1.165, 1.54) is 12.8 Å². The van der Waals surface area contributed by atoms with Gasteiger partial charge in [-0.25, -0.2) is 0 Å². The highest BCUT2D eigenvalue weighted by Gasteiger charge is 2.20. The average molecular weight is 247 g/mol. The van der Waals surface area contributed by atoms with Gasteiger partial charge < -0.3 is 16.4 Å². The van der Waals surface area contributed by atoms with Gasteiger partial charge >= 0.3 is 0 Å². The zero-order chi connectivity index (χ0) is 13.0. The van der Waals surface area contributed by atoms with E-state index in [0.717, 1.165) is 23.7 Å². The zero-order valence-electron chi connectivity index (χ0n) is 10.8. The molecule has 0 bridgehead atoms. The first-order valence-electron chi connectivity index (χ1n) is 6.50. The monoisotopic (exact) mass is 247 g/mol. The van der Waals surface area contributed by atoms with Crippen LogP contribution in [-0.4, -0.2) is 18.5 Å². The molecule has 1 atom stereocenters. The second kappa shape index (κ2) is 5.87. The summed E-state index contributed by atoms with van der Waals surface area (Å²) in [7, 11) is 0. The number of benzene rings is 1. The predicted molar refractivity (Wildman–Crippen MR) is 73.2 cm³/mol. The van der Waals surface area contributed by atoms with Gasteiger partial charge in [-0.3, -0.25) is 4.79 Å². The van der Waals surface area contributed by atoms with Gasteiger partial charge in [0.15, 0.2) is 0 Å². The topological polar surface area (TPSA) is 67.2 Å². The van der Waals surface area contributed by atoms with Gasteiger partial charge in [0.05, 0.1) is 6.04 Å². The minimum absolute atomic E-state index is 0.294. The normalized spacial score (nSPS) is 16.3. The maximum absolute atomic E-state index is 10.9. The van der Waals surface area contributed by atoms with Crippen LogP contribution in [0, 0.1) is 5.92 Å². The van der Waals surface area contributed by atoms with Crippen LogP contribution in [-0.2, 0) is 11.3 Å². The van der Waals surface area contributed by atoms with Crippen molar-refractivity contribution in [3.05, 3.63) is 29.8 Å². The third-order valence-electron chi connectivity index (χ3n) is 3.28. The Labute approximate surface area is 108 Å². The lowest BCUT2D eigenvalue weighted by Crippen LogP contribution is -2.38. The number of nitrogens with one attached hydrogen (secondary N) is 2. The van der Waals surface area contributed by atoms with E-state index < -0.39 is 0 Å². The van der Waals surface area contributed by atoms with Crippen LogP contribution in [0.4, 0.5) is 5.69 Å². The van der Waals surface area contributed by atoms with Gasteiger partial charge in [-0.05, 0) is 43.4 Å². The van der Waals surface area contributed by atoms with Crippen molar-refractivity contribution in [1.82, 2.24) is 5.32 Å². The third kappa shape index (κ3) is 4.04. The van der Waals surface area contributed by atoms with E-state index in [1.54, 1.807) is 6.92 Å². The Bertz CT molecular complexity index is 398. The zero-order valence-corrected chi connectivity index (χ0v) is 10.8. The van der Waals surface area contributed by atoms with Crippen molar-refractivity contribution in [2.24, 2.45) is 11.7 Å². The van der Waals surface area contributed by atoms with E-state index in [-0.39, 0.29) is 11.9 Å². The summed E-state index contributed by atoms with van der Waals surface area (Å²) in [6.45, 7) is 3.51. The molecule has 4 heteroatoms. The number of carbonyl (C=O) groups excluding carboxylic acids is 1. The lowest BCUT2D eigenvalue weighted by atomic mass is 10.2. The Balaban J connectivity index is 1.77. The molecule has 2 rings (SSSR count). The van der Waals surface area contributed by atoms with Crippen LogP contribution >= 0.6 is 0 Å². The number of primary amides is 1. The van der Waals surface area contributed by atoms with Crippen molar-refractivity contribution in [1.29, 1.82) is 0 Å². The summed E-state index contributed by atoms with van der Waals surface area (Å²) in [5.41, 5.74) is 7.50. The minimum Gasteiger partial charge on any atom is -0.385 e. The third-order valence-corrected chi connectivity index (χ3v) is 3.28. The Morgan fingerprint density at radius 3 is 2.61 bits per heavy atom. The molecule has 4 nitrogen and oxygen atoms in total. The van der Waals surface area contributed by atoms with E-state index >= 15 is 0 Å². The van der Waals surface area contributed by atoms with Gasteiger partial charge in [0.1, 0.15) is 0 Å². The molecule has 0 unspecified atom stereocenters. The van der Waals surface area contributed by atoms with Crippen LogP contribution in [0.3, 0.4) is 0 Å². The van der Waals surface area contributed by atoms with Crippen molar-refractivity contribution >= 4 is 11.6 Å². The number of anilines is 1. The number of amides is 1. The molecule has 98 valence electrons. The largest absolute Gasteiger partial charge is 0.385 e. The molecule has 0 aliphatic heterocycles. The van der Waals surface area contributed by atoms with Crippen molar-refractivity contribution in [2.75, 3.05) is 11.9 Å². The summed E-state index contributed by atoms with van der Waals surface area (Å²) in [4.78, 5) is 10.9. The smallest absolute Gasteiger partial charge is 0.234 e. The van der Waals surface area contributed by atoms with Crippen LogP contribution < -0.4 is 16.4 Å². The number of hydrogen-bond donors (Lipinski definition) is 3.